The monoisotopic (exact) mass is 280 g/mol. The lowest BCUT2D eigenvalue weighted by Gasteiger charge is -2.12. The van der Waals surface area contributed by atoms with Crippen LogP contribution >= 0.6 is 0 Å². The second-order valence-electron chi connectivity index (χ2n) is 5.27. The second-order valence-corrected chi connectivity index (χ2v) is 5.27. The molecule has 2 N–H and O–H groups in total. The number of aryl methyl sites for hydroxylation is 2. The van der Waals surface area contributed by atoms with Crippen LogP contribution in [0.15, 0.2) is 42.9 Å². The van der Waals surface area contributed by atoms with Crippen molar-refractivity contribution in [1.82, 2.24) is 14.5 Å². The molecule has 0 fully saturated rings. The average Bonchev–Trinajstić information content (AvgIpc) is 2.95. The molecule has 0 aliphatic heterocycles. The first-order valence-electron chi connectivity index (χ1n) is 7.37. The van der Waals surface area contributed by atoms with Crippen LogP contribution in [0.2, 0.25) is 0 Å². The molecule has 1 aromatic carbocycles. The Morgan fingerprint density at radius 2 is 2.00 bits per heavy atom. The lowest BCUT2D eigenvalue weighted by Crippen LogP contribution is -2.04. The summed E-state index contributed by atoms with van der Waals surface area (Å²) in [5.74, 6) is 1.02. The van der Waals surface area contributed by atoms with Gasteiger partial charge in [0.2, 0.25) is 0 Å². The smallest absolute Gasteiger partial charge is 0.140 e. The zero-order valence-electron chi connectivity index (χ0n) is 12.3. The molecule has 0 spiro atoms. The normalized spacial score (nSPS) is 11.1. The molecule has 0 amide bonds. The van der Waals surface area contributed by atoms with Gasteiger partial charge in [-0.1, -0.05) is 12.1 Å². The van der Waals surface area contributed by atoms with Gasteiger partial charge in [0.1, 0.15) is 5.82 Å². The average molecular weight is 280 g/mol. The lowest BCUT2D eigenvalue weighted by atomic mass is 10.0. The number of nitrogens with two attached hydrogens (primary N) is 1. The number of unbranched alkanes of at least 4 members (excludes halogenated alkanes) is 1. The van der Waals surface area contributed by atoms with E-state index >= 15 is 0 Å². The highest BCUT2D eigenvalue weighted by Crippen LogP contribution is 2.30. The molecular weight excluding hydrogens is 260 g/mol. The number of hydrogen-bond donors (Lipinski definition) is 1. The highest BCUT2D eigenvalue weighted by molar-refractivity contribution is 5.94. The van der Waals surface area contributed by atoms with E-state index < -0.39 is 0 Å². The van der Waals surface area contributed by atoms with Gasteiger partial charge < -0.3 is 10.3 Å². The van der Waals surface area contributed by atoms with Gasteiger partial charge in [0.25, 0.3) is 0 Å². The molecule has 108 valence electrons. The van der Waals surface area contributed by atoms with Gasteiger partial charge in [-0.2, -0.15) is 0 Å². The van der Waals surface area contributed by atoms with Gasteiger partial charge in [-0.3, -0.25) is 4.98 Å². The largest absolute Gasteiger partial charge is 0.331 e. The summed E-state index contributed by atoms with van der Waals surface area (Å²) in [7, 11) is 0. The van der Waals surface area contributed by atoms with Crippen molar-refractivity contribution in [1.29, 1.82) is 0 Å². The van der Waals surface area contributed by atoms with Gasteiger partial charge in [0.05, 0.1) is 5.52 Å². The second kappa shape index (κ2) is 6.06. The topological polar surface area (TPSA) is 56.7 Å². The van der Waals surface area contributed by atoms with Crippen molar-refractivity contribution < 1.29 is 0 Å². The van der Waals surface area contributed by atoms with E-state index in [9.17, 15) is 0 Å². The van der Waals surface area contributed by atoms with Crippen LogP contribution in [0.5, 0.6) is 0 Å². The maximum Gasteiger partial charge on any atom is 0.140 e. The molecule has 0 bridgehead atoms. The summed E-state index contributed by atoms with van der Waals surface area (Å²) in [6.45, 7) is 3.81. The number of aromatic nitrogens is 3. The summed E-state index contributed by atoms with van der Waals surface area (Å²) >= 11 is 0. The molecule has 4 nitrogen and oxygen atoms in total. The first-order valence-corrected chi connectivity index (χ1v) is 7.37. The molecule has 2 aromatic heterocycles. The van der Waals surface area contributed by atoms with Crippen molar-refractivity contribution in [2.45, 2.75) is 26.3 Å². The first kappa shape index (κ1) is 13.8. The fraction of sp³-hybridized carbons (Fsp3) is 0.294. The van der Waals surface area contributed by atoms with Crippen molar-refractivity contribution in [3.8, 4) is 11.4 Å². The zero-order valence-corrected chi connectivity index (χ0v) is 12.3. The molecule has 0 aliphatic carbocycles. The number of pyridine rings is 1. The SMILES string of the molecule is Cc1ccc2ncccc2c1-c1nccn1CCCCN. The minimum Gasteiger partial charge on any atom is -0.331 e. The van der Waals surface area contributed by atoms with Crippen LogP contribution in [-0.2, 0) is 6.54 Å². The number of hydrogen-bond acceptors (Lipinski definition) is 3. The Bertz CT molecular complexity index is 745. The zero-order chi connectivity index (χ0) is 14.7. The van der Waals surface area contributed by atoms with Gasteiger partial charge in [0, 0.05) is 36.1 Å². The predicted octanol–water partition coefficient (Wildman–Crippen LogP) is 3.15. The molecule has 21 heavy (non-hydrogen) atoms. The predicted molar refractivity (Wildman–Crippen MR) is 86.0 cm³/mol. The third kappa shape index (κ3) is 2.67. The van der Waals surface area contributed by atoms with E-state index in [1.807, 2.05) is 24.7 Å². The van der Waals surface area contributed by atoms with Crippen molar-refractivity contribution >= 4 is 10.9 Å². The van der Waals surface area contributed by atoms with Crippen molar-refractivity contribution in [3.05, 3.63) is 48.4 Å². The van der Waals surface area contributed by atoms with Crippen molar-refractivity contribution in [3.63, 3.8) is 0 Å². The minimum absolute atomic E-state index is 0.737. The molecular formula is C17H20N4. The molecule has 4 heteroatoms. The van der Waals surface area contributed by atoms with Gasteiger partial charge in [0.15, 0.2) is 0 Å². The highest BCUT2D eigenvalue weighted by Gasteiger charge is 2.12. The first-order chi connectivity index (χ1) is 10.3. The number of fused-ring (bicyclic) bond motifs is 1. The van der Waals surface area contributed by atoms with E-state index in [0.717, 1.165) is 42.7 Å². The fourth-order valence-corrected chi connectivity index (χ4v) is 2.70. The Morgan fingerprint density at radius 3 is 2.86 bits per heavy atom. The molecule has 0 saturated carbocycles. The van der Waals surface area contributed by atoms with Crippen LogP contribution < -0.4 is 5.73 Å². The summed E-state index contributed by atoms with van der Waals surface area (Å²) in [6.07, 6.45) is 7.84. The quantitative estimate of drug-likeness (QED) is 0.730. The van der Waals surface area contributed by atoms with Crippen LogP contribution in [0.4, 0.5) is 0 Å². The molecule has 3 aromatic rings. The Hall–Kier alpha value is -2.20. The van der Waals surface area contributed by atoms with E-state index in [-0.39, 0.29) is 0 Å². The number of nitrogens with zero attached hydrogens (tertiary/aromatic N) is 3. The lowest BCUT2D eigenvalue weighted by molar-refractivity contribution is 0.619. The molecule has 0 atom stereocenters. The van der Waals surface area contributed by atoms with Crippen LogP contribution in [0, 0.1) is 6.92 Å². The Kier molecular flexibility index (Phi) is 3.97. The molecule has 0 unspecified atom stereocenters. The van der Waals surface area contributed by atoms with E-state index in [1.54, 1.807) is 0 Å². The summed E-state index contributed by atoms with van der Waals surface area (Å²) in [6, 6.07) is 8.27. The maximum atomic E-state index is 5.58. The Morgan fingerprint density at radius 1 is 1.10 bits per heavy atom. The van der Waals surface area contributed by atoms with E-state index in [4.69, 9.17) is 5.73 Å². The van der Waals surface area contributed by atoms with Crippen LogP contribution in [-0.4, -0.2) is 21.1 Å². The summed E-state index contributed by atoms with van der Waals surface area (Å²) < 4.78 is 2.21. The molecule has 0 saturated heterocycles. The third-order valence-electron chi connectivity index (χ3n) is 3.79. The number of rotatable bonds is 5. The highest BCUT2D eigenvalue weighted by atomic mass is 15.1. The van der Waals surface area contributed by atoms with E-state index in [2.05, 4.69) is 39.7 Å². The maximum absolute atomic E-state index is 5.58. The van der Waals surface area contributed by atoms with Gasteiger partial charge in [-0.05, 0) is 44.0 Å². The standard InChI is InChI=1S/C17H20N4/c1-13-6-7-15-14(5-4-9-19-15)16(13)17-20-10-12-21(17)11-3-2-8-18/h4-7,9-10,12H,2-3,8,11,18H2,1H3. The van der Waals surface area contributed by atoms with Crippen molar-refractivity contribution in [2.75, 3.05) is 6.54 Å². The molecule has 3 rings (SSSR count). The summed E-state index contributed by atoms with van der Waals surface area (Å²) in [5.41, 5.74) is 8.99. The van der Waals surface area contributed by atoms with Gasteiger partial charge in [-0.25, -0.2) is 4.98 Å². The number of benzene rings is 1. The van der Waals surface area contributed by atoms with Crippen molar-refractivity contribution in [2.24, 2.45) is 5.73 Å². The van der Waals surface area contributed by atoms with Crippen LogP contribution in [0.1, 0.15) is 18.4 Å². The molecule has 0 radical (unpaired) electrons. The van der Waals surface area contributed by atoms with Gasteiger partial charge >= 0.3 is 0 Å². The summed E-state index contributed by atoms with van der Waals surface area (Å²) in [4.78, 5) is 9.02. The Labute approximate surface area is 124 Å². The van der Waals surface area contributed by atoms with E-state index in [0.29, 0.717) is 0 Å². The minimum atomic E-state index is 0.737. The Balaban J connectivity index is 2.08. The third-order valence-corrected chi connectivity index (χ3v) is 3.79. The fourth-order valence-electron chi connectivity index (χ4n) is 2.70. The van der Waals surface area contributed by atoms with E-state index in [1.165, 1.54) is 11.1 Å². The van der Waals surface area contributed by atoms with Crippen LogP contribution in [0.25, 0.3) is 22.3 Å². The molecule has 2 heterocycles. The summed E-state index contributed by atoms with van der Waals surface area (Å²) in [5, 5.41) is 1.16. The molecule has 0 aliphatic rings. The van der Waals surface area contributed by atoms with Gasteiger partial charge in [-0.15, -0.1) is 0 Å². The van der Waals surface area contributed by atoms with Crippen LogP contribution in [0.3, 0.4) is 0 Å². The number of imidazole rings is 1.